The second-order valence-electron chi connectivity index (χ2n) is 7.25. The summed E-state index contributed by atoms with van der Waals surface area (Å²) < 4.78 is 10.5. The van der Waals surface area contributed by atoms with E-state index in [1.54, 1.807) is 32.4 Å². The number of aliphatic hydroxyl groups excluding tert-OH is 2. The van der Waals surface area contributed by atoms with Gasteiger partial charge in [-0.15, -0.1) is 11.8 Å². The van der Waals surface area contributed by atoms with Gasteiger partial charge in [0.1, 0.15) is 5.78 Å². The molecule has 1 aromatic carbocycles. The summed E-state index contributed by atoms with van der Waals surface area (Å²) in [6.07, 6.45) is 3.14. The monoisotopic (exact) mass is 470 g/mol. The van der Waals surface area contributed by atoms with Gasteiger partial charge in [-0.1, -0.05) is 18.2 Å². The molecule has 7 nitrogen and oxygen atoms in total. The van der Waals surface area contributed by atoms with Crippen LogP contribution in [0.25, 0.3) is 0 Å². The quantitative estimate of drug-likeness (QED) is 0.295. The standard InChI is InChI=1S/C22H30O7S2/c1-28-19-7-4-14(11-20(19)29-2)10-15(23)5-6-16-17(24)12-18(25)22(16)31-9-3-8-30-13-21(26)27/h4-7,11,15-17,22-24H,3,8-10,12-13H2,1-2H3,(H,26,27)/t15?,16-,17?,22?/m0/s1. The smallest absolute Gasteiger partial charge is 0.313 e. The number of hydrogen-bond donors (Lipinski definition) is 3. The molecule has 0 saturated heterocycles. The molecular weight excluding hydrogens is 440 g/mol. The second-order valence-corrected chi connectivity index (χ2v) is 9.61. The first-order valence-corrected chi connectivity index (χ1v) is 12.2. The number of aliphatic hydroxyl groups is 2. The number of carboxylic acids is 1. The molecule has 1 aliphatic rings. The molecule has 1 fully saturated rings. The molecule has 0 heterocycles. The molecule has 31 heavy (non-hydrogen) atoms. The van der Waals surface area contributed by atoms with Crippen LogP contribution in [-0.4, -0.2) is 76.0 Å². The van der Waals surface area contributed by atoms with Crippen LogP contribution in [0.15, 0.2) is 30.4 Å². The van der Waals surface area contributed by atoms with Gasteiger partial charge in [0.2, 0.25) is 0 Å². The lowest BCUT2D eigenvalue weighted by Gasteiger charge is -2.18. The Morgan fingerprint density at radius 1 is 1.26 bits per heavy atom. The van der Waals surface area contributed by atoms with Crippen molar-refractivity contribution in [1.82, 2.24) is 0 Å². The Labute approximate surface area is 191 Å². The normalized spacial score (nSPS) is 22.1. The second kappa shape index (κ2) is 13.0. The van der Waals surface area contributed by atoms with Crippen LogP contribution in [0.3, 0.4) is 0 Å². The Balaban J connectivity index is 1.89. The van der Waals surface area contributed by atoms with Gasteiger partial charge in [0.25, 0.3) is 0 Å². The molecule has 0 amide bonds. The fraction of sp³-hybridized carbons (Fsp3) is 0.545. The maximum atomic E-state index is 12.3. The van der Waals surface area contributed by atoms with E-state index in [9.17, 15) is 19.8 Å². The van der Waals surface area contributed by atoms with Crippen LogP contribution in [0.4, 0.5) is 0 Å². The van der Waals surface area contributed by atoms with E-state index in [2.05, 4.69) is 0 Å². The van der Waals surface area contributed by atoms with Gasteiger partial charge in [-0.05, 0) is 35.6 Å². The van der Waals surface area contributed by atoms with E-state index in [-0.39, 0.29) is 29.1 Å². The lowest BCUT2D eigenvalue weighted by atomic mass is 10.0. The first-order chi connectivity index (χ1) is 14.8. The predicted molar refractivity (Wildman–Crippen MR) is 123 cm³/mol. The zero-order valence-corrected chi connectivity index (χ0v) is 19.4. The number of methoxy groups -OCH3 is 2. The lowest BCUT2D eigenvalue weighted by molar-refractivity contribution is -0.133. The van der Waals surface area contributed by atoms with Gasteiger partial charge < -0.3 is 24.8 Å². The molecule has 1 aliphatic carbocycles. The van der Waals surface area contributed by atoms with Crippen molar-refractivity contribution in [2.75, 3.05) is 31.5 Å². The van der Waals surface area contributed by atoms with Crippen LogP contribution in [0.2, 0.25) is 0 Å². The van der Waals surface area contributed by atoms with E-state index in [4.69, 9.17) is 14.6 Å². The number of Topliss-reactive ketones (excluding diaryl/α,β-unsaturated/α-hetero) is 1. The minimum atomic E-state index is -0.830. The van der Waals surface area contributed by atoms with Crippen molar-refractivity contribution in [2.45, 2.75) is 36.7 Å². The van der Waals surface area contributed by atoms with E-state index >= 15 is 0 Å². The summed E-state index contributed by atoms with van der Waals surface area (Å²) in [5, 5.41) is 29.0. The van der Waals surface area contributed by atoms with Gasteiger partial charge in [-0.3, -0.25) is 9.59 Å². The molecule has 1 aromatic rings. The Bertz CT molecular complexity index is 768. The molecular formula is C22H30O7S2. The number of aliphatic carboxylic acids is 1. The first kappa shape index (κ1) is 25.6. The molecule has 0 bridgehead atoms. The number of carbonyl (C=O) groups excluding carboxylic acids is 1. The van der Waals surface area contributed by atoms with Crippen LogP contribution >= 0.6 is 23.5 Å². The molecule has 0 aromatic heterocycles. The third-order valence-electron chi connectivity index (χ3n) is 4.93. The minimum Gasteiger partial charge on any atom is -0.493 e. The molecule has 2 rings (SSSR count). The highest BCUT2D eigenvalue weighted by molar-refractivity contribution is 8.01. The number of carboxylic acid groups (broad SMARTS) is 1. The number of benzene rings is 1. The summed E-state index contributed by atoms with van der Waals surface area (Å²) in [5.74, 6) is 1.56. The van der Waals surface area contributed by atoms with E-state index in [0.717, 1.165) is 12.0 Å². The van der Waals surface area contributed by atoms with E-state index in [0.29, 0.717) is 29.4 Å². The van der Waals surface area contributed by atoms with Gasteiger partial charge in [-0.25, -0.2) is 0 Å². The van der Waals surface area contributed by atoms with Gasteiger partial charge in [-0.2, -0.15) is 11.8 Å². The Morgan fingerprint density at radius 3 is 2.68 bits per heavy atom. The number of carbonyl (C=O) groups is 2. The number of hydrogen-bond acceptors (Lipinski definition) is 8. The number of ether oxygens (including phenoxy) is 2. The van der Waals surface area contributed by atoms with Crippen molar-refractivity contribution >= 4 is 35.3 Å². The molecule has 4 atom stereocenters. The Morgan fingerprint density at radius 2 is 2.00 bits per heavy atom. The zero-order valence-electron chi connectivity index (χ0n) is 17.7. The van der Waals surface area contributed by atoms with Gasteiger partial charge in [0.05, 0.1) is 37.4 Å². The van der Waals surface area contributed by atoms with Crippen LogP contribution in [0.1, 0.15) is 18.4 Å². The van der Waals surface area contributed by atoms with Crippen LogP contribution in [0, 0.1) is 5.92 Å². The summed E-state index contributed by atoms with van der Waals surface area (Å²) in [6.45, 7) is 0. The molecule has 3 N–H and O–H groups in total. The summed E-state index contributed by atoms with van der Waals surface area (Å²) in [5.41, 5.74) is 0.877. The van der Waals surface area contributed by atoms with E-state index in [1.807, 2.05) is 12.1 Å². The van der Waals surface area contributed by atoms with Gasteiger partial charge >= 0.3 is 5.97 Å². The number of ketones is 1. The molecule has 3 unspecified atom stereocenters. The third kappa shape index (κ3) is 8.07. The van der Waals surface area contributed by atoms with Crippen molar-refractivity contribution in [1.29, 1.82) is 0 Å². The highest BCUT2D eigenvalue weighted by atomic mass is 32.2. The van der Waals surface area contributed by atoms with Crippen molar-refractivity contribution in [3.8, 4) is 11.5 Å². The third-order valence-corrected chi connectivity index (χ3v) is 7.41. The molecule has 9 heteroatoms. The average molecular weight is 471 g/mol. The fourth-order valence-corrected chi connectivity index (χ4v) is 5.60. The molecule has 0 spiro atoms. The number of rotatable bonds is 13. The summed E-state index contributed by atoms with van der Waals surface area (Å²) >= 11 is 2.85. The minimum absolute atomic E-state index is 0.0136. The molecule has 172 valence electrons. The summed E-state index contributed by atoms with van der Waals surface area (Å²) in [6, 6.07) is 5.45. The SMILES string of the molecule is COc1ccc(CC(O)C=C[C@H]2C(O)CC(=O)C2SCCCSCC(=O)O)cc1OC. The number of thioether (sulfide) groups is 2. The van der Waals surface area contributed by atoms with Crippen LogP contribution in [-0.2, 0) is 16.0 Å². The van der Waals surface area contributed by atoms with Crippen LogP contribution < -0.4 is 9.47 Å². The van der Waals surface area contributed by atoms with Crippen molar-refractivity contribution in [3.05, 3.63) is 35.9 Å². The fourth-order valence-electron chi connectivity index (χ4n) is 3.41. The summed E-state index contributed by atoms with van der Waals surface area (Å²) in [4.78, 5) is 22.8. The van der Waals surface area contributed by atoms with E-state index < -0.39 is 18.2 Å². The lowest BCUT2D eigenvalue weighted by Crippen LogP contribution is -2.22. The van der Waals surface area contributed by atoms with Gasteiger partial charge in [0, 0.05) is 18.8 Å². The molecule has 0 aliphatic heterocycles. The Kier molecular flexibility index (Phi) is 10.7. The van der Waals surface area contributed by atoms with Crippen LogP contribution in [0.5, 0.6) is 11.5 Å². The zero-order chi connectivity index (χ0) is 22.8. The first-order valence-electron chi connectivity index (χ1n) is 10.0. The highest BCUT2D eigenvalue weighted by Gasteiger charge is 2.40. The van der Waals surface area contributed by atoms with E-state index in [1.165, 1.54) is 23.5 Å². The Hall–Kier alpha value is -1.68. The maximum Gasteiger partial charge on any atom is 0.313 e. The predicted octanol–water partition coefficient (Wildman–Crippen LogP) is 2.42. The molecule has 0 radical (unpaired) electrons. The highest BCUT2D eigenvalue weighted by Crippen LogP contribution is 2.35. The molecule has 1 saturated carbocycles. The maximum absolute atomic E-state index is 12.3. The van der Waals surface area contributed by atoms with Crippen molar-refractivity contribution < 1.29 is 34.4 Å². The van der Waals surface area contributed by atoms with Crippen molar-refractivity contribution in [2.24, 2.45) is 5.92 Å². The van der Waals surface area contributed by atoms with Gasteiger partial charge in [0.15, 0.2) is 11.5 Å². The topological polar surface area (TPSA) is 113 Å². The largest absolute Gasteiger partial charge is 0.493 e. The average Bonchev–Trinajstić information content (AvgIpc) is 3.00. The van der Waals surface area contributed by atoms with Crippen molar-refractivity contribution in [3.63, 3.8) is 0 Å². The summed E-state index contributed by atoms with van der Waals surface area (Å²) in [7, 11) is 3.12.